The van der Waals surface area contributed by atoms with Crippen LogP contribution in [-0.4, -0.2) is 46.5 Å². The maximum Gasteiger partial charge on any atom is 0.262 e. The van der Waals surface area contributed by atoms with Gasteiger partial charge in [-0.2, -0.15) is 0 Å². The van der Waals surface area contributed by atoms with Crippen molar-refractivity contribution in [3.05, 3.63) is 69.4 Å². The first-order valence-corrected chi connectivity index (χ1v) is 16.7. The maximum atomic E-state index is 14.2. The zero-order valence-corrected chi connectivity index (χ0v) is 25.7. The first-order chi connectivity index (χ1) is 20.5. The predicted octanol–water partition coefficient (Wildman–Crippen LogP) is 8.65. The second-order valence-corrected chi connectivity index (χ2v) is 12.9. The van der Waals surface area contributed by atoms with Gasteiger partial charge in [0.15, 0.2) is 0 Å². The zero-order chi connectivity index (χ0) is 29.4. The van der Waals surface area contributed by atoms with E-state index in [4.69, 9.17) is 0 Å². The summed E-state index contributed by atoms with van der Waals surface area (Å²) >= 11 is 2.98. The van der Waals surface area contributed by atoms with Gasteiger partial charge in [-0.1, -0.05) is 64.5 Å². The molecule has 0 atom stereocenters. The molecule has 8 heteroatoms. The summed E-state index contributed by atoms with van der Waals surface area (Å²) in [6.45, 7) is 4.93. The summed E-state index contributed by atoms with van der Waals surface area (Å²) in [7, 11) is 0. The van der Waals surface area contributed by atoms with Crippen LogP contribution in [0, 0.1) is 0 Å². The number of thiophene rings is 2. The smallest absolute Gasteiger partial charge is 0.262 e. The van der Waals surface area contributed by atoms with Crippen LogP contribution in [0.2, 0.25) is 0 Å². The van der Waals surface area contributed by atoms with Crippen molar-refractivity contribution in [2.75, 3.05) is 13.1 Å². The molecule has 0 aliphatic carbocycles. The van der Waals surface area contributed by atoms with E-state index >= 15 is 0 Å². The van der Waals surface area contributed by atoms with Crippen LogP contribution in [0.25, 0.3) is 31.7 Å². The van der Waals surface area contributed by atoms with Gasteiger partial charge >= 0.3 is 0 Å². The summed E-state index contributed by atoms with van der Waals surface area (Å²) in [4.78, 5) is 61.0. The molecule has 0 N–H and O–H groups in total. The monoisotopic (exact) mass is 598 g/mol. The molecule has 0 saturated carbocycles. The van der Waals surface area contributed by atoms with Crippen molar-refractivity contribution in [2.45, 2.75) is 65.2 Å². The van der Waals surface area contributed by atoms with E-state index in [1.807, 2.05) is 35.0 Å². The second-order valence-electron chi connectivity index (χ2n) is 11.0. The summed E-state index contributed by atoms with van der Waals surface area (Å²) in [6, 6.07) is 11.3. The summed E-state index contributed by atoms with van der Waals surface area (Å²) in [6.07, 6.45) is 7.52. The van der Waals surface area contributed by atoms with Gasteiger partial charge in [-0.05, 0) is 47.9 Å². The predicted molar refractivity (Wildman–Crippen MR) is 170 cm³/mol. The van der Waals surface area contributed by atoms with Crippen LogP contribution in [0.4, 0.5) is 0 Å². The Labute approximate surface area is 254 Å². The molecule has 0 fully saturated rings. The fourth-order valence-corrected chi connectivity index (χ4v) is 7.71. The van der Waals surface area contributed by atoms with E-state index < -0.39 is 0 Å². The van der Waals surface area contributed by atoms with Gasteiger partial charge in [-0.3, -0.25) is 29.0 Å². The van der Waals surface area contributed by atoms with E-state index in [-0.39, 0.29) is 23.6 Å². The largest absolute Gasteiger partial charge is 0.274 e. The normalized spacial score (nSPS) is 14.5. The fourth-order valence-electron chi connectivity index (χ4n) is 6.21. The van der Waals surface area contributed by atoms with Crippen molar-refractivity contribution in [3.8, 4) is 20.9 Å². The van der Waals surface area contributed by atoms with Gasteiger partial charge in [0, 0.05) is 55.9 Å². The average molecular weight is 599 g/mol. The van der Waals surface area contributed by atoms with Gasteiger partial charge in [0.05, 0.1) is 11.1 Å². The molecular weight excluding hydrogens is 565 g/mol. The number of carbonyl (C=O) groups excluding carboxylic acids is 4. The molecule has 6 nitrogen and oxygen atoms in total. The number of hydrogen-bond acceptors (Lipinski definition) is 6. The van der Waals surface area contributed by atoms with Crippen LogP contribution in [-0.2, 0) is 0 Å². The van der Waals surface area contributed by atoms with Crippen LogP contribution < -0.4 is 0 Å². The average Bonchev–Trinajstić information content (AvgIpc) is 3.73. The molecular formula is C34H34N2O4S2. The Morgan fingerprint density at radius 3 is 1.33 bits per heavy atom. The highest BCUT2D eigenvalue weighted by Crippen LogP contribution is 2.47. The van der Waals surface area contributed by atoms with E-state index in [1.165, 1.54) is 32.5 Å². The Morgan fingerprint density at radius 1 is 0.548 bits per heavy atom. The molecule has 6 rings (SSSR count). The van der Waals surface area contributed by atoms with Crippen molar-refractivity contribution in [2.24, 2.45) is 0 Å². The van der Waals surface area contributed by atoms with E-state index in [9.17, 15) is 19.2 Å². The lowest BCUT2D eigenvalue weighted by molar-refractivity contribution is 0.0587. The van der Waals surface area contributed by atoms with Crippen molar-refractivity contribution >= 4 is 57.1 Å². The fraction of sp³-hybridized carbons (Fsp3) is 0.353. The van der Waals surface area contributed by atoms with Gasteiger partial charge in [0.2, 0.25) is 0 Å². The van der Waals surface area contributed by atoms with Crippen molar-refractivity contribution in [1.29, 1.82) is 0 Å². The quantitative estimate of drug-likeness (QED) is 0.121. The summed E-state index contributed by atoms with van der Waals surface area (Å²) in [5, 5.41) is 4.77. The Hall–Kier alpha value is -3.62. The molecule has 42 heavy (non-hydrogen) atoms. The van der Waals surface area contributed by atoms with E-state index in [0.29, 0.717) is 57.2 Å². The van der Waals surface area contributed by atoms with Crippen LogP contribution in [0.1, 0.15) is 107 Å². The van der Waals surface area contributed by atoms with Crippen LogP contribution in [0.15, 0.2) is 47.2 Å². The Bertz CT molecular complexity index is 1560. The zero-order valence-electron chi connectivity index (χ0n) is 24.0. The second kappa shape index (κ2) is 11.9. The SMILES string of the molecule is CCCCCCN1C(=O)c2cc(-c3cccs3)c3c4c(cc(-c5cccs5)c(c24)C1=O)C(=O)N(CCCCCC)C3=O. The number of amides is 4. The van der Waals surface area contributed by atoms with Gasteiger partial charge in [-0.25, -0.2) is 0 Å². The van der Waals surface area contributed by atoms with Crippen LogP contribution in [0.3, 0.4) is 0 Å². The first kappa shape index (κ1) is 28.5. The molecule has 0 spiro atoms. The molecule has 0 radical (unpaired) electrons. The summed E-state index contributed by atoms with van der Waals surface area (Å²) in [5.74, 6) is -1.42. The third-order valence-corrected chi connectivity index (χ3v) is 10.1. The lowest BCUT2D eigenvalue weighted by Gasteiger charge is -2.34. The molecule has 0 unspecified atom stereocenters. The van der Waals surface area contributed by atoms with Gasteiger partial charge in [0.25, 0.3) is 23.6 Å². The third kappa shape index (κ3) is 4.71. The Kier molecular flexibility index (Phi) is 8.10. The minimum Gasteiger partial charge on any atom is -0.274 e. The van der Waals surface area contributed by atoms with Crippen LogP contribution in [0.5, 0.6) is 0 Å². The van der Waals surface area contributed by atoms with Gasteiger partial charge in [-0.15, -0.1) is 22.7 Å². The number of imide groups is 2. The molecule has 2 aromatic heterocycles. The number of carbonyl (C=O) groups is 4. The summed E-state index contributed by atoms with van der Waals surface area (Å²) < 4.78 is 0. The molecule has 2 aromatic carbocycles. The van der Waals surface area contributed by atoms with Gasteiger partial charge < -0.3 is 0 Å². The van der Waals surface area contributed by atoms with Crippen molar-refractivity contribution < 1.29 is 19.2 Å². The van der Waals surface area contributed by atoms with Gasteiger partial charge in [0.1, 0.15) is 0 Å². The van der Waals surface area contributed by atoms with Crippen molar-refractivity contribution in [1.82, 2.24) is 9.80 Å². The molecule has 4 amide bonds. The topological polar surface area (TPSA) is 74.8 Å². The standard InChI is InChI=1S/C34H34N2O4S2/c1-3-5-7-9-15-35-31(37)23-19-22(26-14-12-18-42-26)30-28-24(32(38)36(34(30)40)16-10-8-6-4-2)20-21(25-13-11-17-41-25)29(27(23)28)33(35)39/h11-14,17-20H,3-10,15-16H2,1-2H3. The minimum atomic E-state index is -0.357. The number of hydrogen-bond donors (Lipinski definition) is 0. The molecule has 4 heterocycles. The molecule has 2 aliphatic rings. The number of rotatable bonds is 12. The molecule has 2 aliphatic heterocycles. The first-order valence-electron chi connectivity index (χ1n) is 15.0. The molecule has 0 bridgehead atoms. The number of nitrogens with zero attached hydrogens (tertiary/aromatic N) is 2. The number of unbranched alkanes of at least 4 members (excludes halogenated alkanes) is 6. The highest BCUT2D eigenvalue weighted by molar-refractivity contribution is 7.14. The van der Waals surface area contributed by atoms with E-state index in [0.717, 1.165) is 61.1 Å². The number of benzene rings is 2. The molecule has 4 aromatic rings. The van der Waals surface area contributed by atoms with Crippen LogP contribution >= 0.6 is 22.7 Å². The lowest BCUT2D eigenvalue weighted by Crippen LogP contribution is -2.44. The summed E-state index contributed by atoms with van der Waals surface area (Å²) in [5.41, 5.74) is 2.90. The van der Waals surface area contributed by atoms with E-state index in [2.05, 4.69) is 13.8 Å². The lowest BCUT2D eigenvalue weighted by atomic mass is 9.80. The van der Waals surface area contributed by atoms with Crippen molar-refractivity contribution in [3.63, 3.8) is 0 Å². The molecule has 0 saturated heterocycles. The van der Waals surface area contributed by atoms with E-state index in [1.54, 1.807) is 12.1 Å². The Balaban J connectivity index is 1.62. The third-order valence-electron chi connectivity index (χ3n) is 8.32. The maximum absolute atomic E-state index is 14.2. The Morgan fingerprint density at radius 2 is 0.976 bits per heavy atom. The highest BCUT2D eigenvalue weighted by atomic mass is 32.1. The molecule has 216 valence electrons. The minimum absolute atomic E-state index is 0.337. The highest BCUT2D eigenvalue weighted by Gasteiger charge is 2.42.